The molecular formula is C12H23F3N2O2. The summed E-state index contributed by atoms with van der Waals surface area (Å²) in [7, 11) is 1.71. The first-order valence-corrected chi connectivity index (χ1v) is 6.49. The van der Waals surface area contributed by atoms with Crippen molar-refractivity contribution in [2.24, 2.45) is 5.92 Å². The molecule has 0 bridgehead atoms. The minimum absolute atomic E-state index is 0.00587. The van der Waals surface area contributed by atoms with Crippen LogP contribution in [0.3, 0.4) is 0 Å². The molecule has 1 aliphatic rings. The van der Waals surface area contributed by atoms with Gasteiger partial charge in [-0.15, -0.1) is 0 Å². The van der Waals surface area contributed by atoms with E-state index in [1.54, 1.807) is 11.9 Å². The fraction of sp³-hybridized carbons (Fsp3) is 0.917. The molecule has 0 saturated carbocycles. The van der Waals surface area contributed by atoms with Crippen LogP contribution in [0.5, 0.6) is 0 Å². The minimum Gasteiger partial charge on any atom is -0.481 e. The van der Waals surface area contributed by atoms with Crippen LogP contribution in [-0.4, -0.2) is 54.9 Å². The highest BCUT2D eigenvalue weighted by Gasteiger charge is 2.44. The normalized spacial score (nSPS) is 23.1. The van der Waals surface area contributed by atoms with Crippen LogP contribution < -0.4 is 5.32 Å². The quantitative estimate of drug-likeness (QED) is 0.810. The molecule has 7 heteroatoms. The smallest absolute Gasteiger partial charge is 0.393 e. The molecule has 1 saturated heterocycles. The van der Waals surface area contributed by atoms with E-state index in [-0.39, 0.29) is 25.4 Å². The minimum atomic E-state index is -4.14. The SMILES string of the molecule is CC.CN(CCC(=O)O)CC1CC(C(F)(F)F)CN1. The second-order valence-electron chi connectivity index (χ2n) is 4.49. The summed E-state index contributed by atoms with van der Waals surface area (Å²) in [5.41, 5.74) is 0. The maximum Gasteiger partial charge on any atom is 0.393 e. The Labute approximate surface area is 112 Å². The van der Waals surface area contributed by atoms with Crippen LogP contribution >= 0.6 is 0 Å². The molecule has 1 aliphatic heterocycles. The number of carbonyl (C=O) groups is 1. The predicted molar refractivity (Wildman–Crippen MR) is 67.1 cm³/mol. The summed E-state index contributed by atoms with van der Waals surface area (Å²) in [5, 5.41) is 11.3. The van der Waals surface area contributed by atoms with Gasteiger partial charge in [0.2, 0.25) is 0 Å². The number of halogens is 3. The number of hydrogen-bond donors (Lipinski definition) is 2. The summed E-state index contributed by atoms with van der Waals surface area (Å²) < 4.78 is 37.2. The lowest BCUT2D eigenvalue weighted by Crippen LogP contribution is -2.36. The van der Waals surface area contributed by atoms with Crippen LogP contribution in [0.15, 0.2) is 0 Å². The van der Waals surface area contributed by atoms with E-state index in [4.69, 9.17) is 5.11 Å². The topological polar surface area (TPSA) is 52.6 Å². The van der Waals surface area contributed by atoms with Crippen molar-refractivity contribution >= 4 is 5.97 Å². The molecule has 0 aromatic rings. The summed E-state index contributed by atoms with van der Waals surface area (Å²) >= 11 is 0. The van der Waals surface area contributed by atoms with E-state index in [0.717, 1.165) is 0 Å². The Kier molecular flexibility index (Phi) is 8.01. The number of nitrogens with zero attached hydrogens (tertiary/aromatic N) is 1. The lowest BCUT2D eigenvalue weighted by atomic mass is 10.1. The number of carboxylic acid groups (broad SMARTS) is 1. The molecule has 4 nitrogen and oxygen atoms in total. The predicted octanol–water partition coefficient (Wildman–Crippen LogP) is 1.96. The number of aliphatic carboxylic acids is 1. The summed E-state index contributed by atoms with van der Waals surface area (Å²) in [5.74, 6) is -2.18. The first-order valence-electron chi connectivity index (χ1n) is 6.49. The van der Waals surface area contributed by atoms with Gasteiger partial charge in [-0.05, 0) is 13.5 Å². The summed E-state index contributed by atoms with van der Waals surface area (Å²) in [4.78, 5) is 12.1. The molecule has 0 aromatic carbocycles. The molecule has 1 rings (SSSR count). The van der Waals surface area contributed by atoms with Crippen LogP contribution in [-0.2, 0) is 4.79 Å². The van der Waals surface area contributed by atoms with Gasteiger partial charge < -0.3 is 15.3 Å². The van der Waals surface area contributed by atoms with E-state index in [1.807, 2.05) is 13.8 Å². The van der Waals surface area contributed by atoms with Gasteiger partial charge in [-0.1, -0.05) is 13.8 Å². The summed E-state index contributed by atoms with van der Waals surface area (Å²) in [6.45, 7) is 4.75. The standard InChI is InChI=1S/C10H17F3N2O2.C2H6/c1-15(3-2-9(16)17)6-8-4-7(5-14-8)10(11,12)13;1-2/h7-8,14H,2-6H2,1H3,(H,16,17);1-2H3. The fourth-order valence-corrected chi connectivity index (χ4v) is 1.96. The number of hydrogen-bond acceptors (Lipinski definition) is 3. The molecule has 0 spiro atoms. The second kappa shape index (κ2) is 8.37. The third-order valence-corrected chi connectivity index (χ3v) is 2.92. The molecule has 114 valence electrons. The Morgan fingerprint density at radius 3 is 2.42 bits per heavy atom. The van der Waals surface area contributed by atoms with Crippen molar-refractivity contribution in [2.75, 3.05) is 26.7 Å². The monoisotopic (exact) mass is 284 g/mol. The Morgan fingerprint density at radius 1 is 1.42 bits per heavy atom. The number of likely N-dealkylation sites (N-methyl/N-ethyl adjacent to an activating group) is 1. The Morgan fingerprint density at radius 2 is 2.00 bits per heavy atom. The van der Waals surface area contributed by atoms with Crippen LogP contribution in [0.4, 0.5) is 13.2 Å². The van der Waals surface area contributed by atoms with Crippen LogP contribution in [0.25, 0.3) is 0 Å². The molecule has 0 amide bonds. The van der Waals surface area contributed by atoms with Gasteiger partial charge >= 0.3 is 12.1 Å². The fourth-order valence-electron chi connectivity index (χ4n) is 1.96. The van der Waals surface area contributed by atoms with Crippen molar-refractivity contribution in [1.82, 2.24) is 10.2 Å². The van der Waals surface area contributed by atoms with Gasteiger partial charge in [-0.3, -0.25) is 4.79 Å². The van der Waals surface area contributed by atoms with Gasteiger partial charge in [0.15, 0.2) is 0 Å². The summed E-state index contributed by atoms with van der Waals surface area (Å²) in [6.07, 6.45) is -4.06. The third-order valence-electron chi connectivity index (χ3n) is 2.92. The maximum absolute atomic E-state index is 12.4. The first kappa shape index (κ1) is 18.2. The largest absolute Gasteiger partial charge is 0.481 e. The Balaban J connectivity index is 0.00000154. The first-order chi connectivity index (χ1) is 8.79. The molecule has 1 heterocycles. The van der Waals surface area contributed by atoms with Gasteiger partial charge in [0.05, 0.1) is 12.3 Å². The second-order valence-corrected chi connectivity index (χ2v) is 4.49. The lowest BCUT2D eigenvalue weighted by molar-refractivity contribution is -0.169. The van der Waals surface area contributed by atoms with Crippen LogP contribution in [0.1, 0.15) is 26.7 Å². The highest BCUT2D eigenvalue weighted by atomic mass is 19.4. The number of rotatable bonds is 5. The summed E-state index contributed by atoms with van der Waals surface area (Å²) in [6, 6.07) is -0.208. The van der Waals surface area contributed by atoms with Crippen molar-refractivity contribution in [3.05, 3.63) is 0 Å². The van der Waals surface area contributed by atoms with E-state index >= 15 is 0 Å². The Hall–Kier alpha value is -0.820. The highest BCUT2D eigenvalue weighted by molar-refractivity contribution is 5.66. The van der Waals surface area contributed by atoms with Crippen molar-refractivity contribution in [3.63, 3.8) is 0 Å². The molecule has 0 radical (unpaired) electrons. The number of carboxylic acids is 1. The number of alkyl halides is 3. The molecule has 19 heavy (non-hydrogen) atoms. The zero-order chi connectivity index (χ0) is 15.1. The van der Waals surface area contributed by atoms with Gasteiger partial charge in [0.25, 0.3) is 0 Å². The van der Waals surface area contributed by atoms with Gasteiger partial charge in [0.1, 0.15) is 0 Å². The van der Waals surface area contributed by atoms with Crippen molar-refractivity contribution in [1.29, 1.82) is 0 Å². The van der Waals surface area contributed by atoms with Gasteiger partial charge in [0, 0.05) is 25.7 Å². The van der Waals surface area contributed by atoms with Crippen molar-refractivity contribution in [2.45, 2.75) is 38.9 Å². The van der Waals surface area contributed by atoms with Crippen LogP contribution in [0, 0.1) is 5.92 Å². The molecule has 0 aromatic heterocycles. The van der Waals surface area contributed by atoms with Gasteiger partial charge in [-0.2, -0.15) is 13.2 Å². The molecular weight excluding hydrogens is 261 g/mol. The van der Waals surface area contributed by atoms with Crippen molar-refractivity contribution in [3.8, 4) is 0 Å². The third kappa shape index (κ3) is 7.37. The molecule has 2 N–H and O–H groups in total. The van der Waals surface area contributed by atoms with Gasteiger partial charge in [-0.25, -0.2) is 0 Å². The van der Waals surface area contributed by atoms with E-state index < -0.39 is 18.1 Å². The zero-order valence-electron chi connectivity index (χ0n) is 11.6. The van der Waals surface area contributed by atoms with Crippen molar-refractivity contribution < 1.29 is 23.1 Å². The zero-order valence-corrected chi connectivity index (χ0v) is 11.6. The molecule has 2 unspecified atom stereocenters. The van der Waals surface area contributed by atoms with Crippen LogP contribution in [0.2, 0.25) is 0 Å². The van der Waals surface area contributed by atoms with E-state index in [0.29, 0.717) is 13.1 Å². The van der Waals surface area contributed by atoms with E-state index in [1.165, 1.54) is 0 Å². The average molecular weight is 284 g/mol. The molecule has 2 atom stereocenters. The van der Waals surface area contributed by atoms with E-state index in [9.17, 15) is 18.0 Å². The average Bonchev–Trinajstić information content (AvgIpc) is 2.77. The number of nitrogens with one attached hydrogen (secondary N) is 1. The molecule has 0 aliphatic carbocycles. The van der Waals surface area contributed by atoms with E-state index in [2.05, 4.69) is 5.32 Å². The Bertz CT molecular complexity index is 272. The highest BCUT2D eigenvalue weighted by Crippen LogP contribution is 2.32. The lowest BCUT2D eigenvalue weighted by Gasteiger charge is -2.20. The molecule has 1 fully saturated rings. The maximum atomic E-state index is 12.4.